The molecule has 0 unspecified atom stereocenters. The predicted octanol–water partition coefficient (Wildman–Crippen LogP) is 3.64. The van der Waals surface area contributed by atoms with Gasteiger partial charge in [-0.1, -0.05) is 24.3 Å². The Morgan fingerprint density at radius 1 is 1.14 bits per heavy atom. The highest BCUT2D eigenvalue weighted by Crippen LogP contribution is 2.31. The van der Waals surface area contributed by atoms with Crippen LogP contribution in [0.4, 0.5) is 0 Å². The summed E-state index contributed by atoms with van der Waals surface area (Å²) in [6.07, 6.45) is 4.93. The van der Waals surface area contributed by atoms with Gasteiger partial charge in [0.2, 0.25) is 11.8 Å². The molecule has 0 spiro atoms. The molecule has 0 saturated carbocycles. The zero-order valence-corrected chi connectivity index (χ0v) is 21.0. The summed E-state index contributed by atoms with van der Waals surface area (Å²) < 4.78 is 6.19. The summed E-state index contributed by atoms with van der Waals surface area (Å²) in [5, 5.41) is 3.02. The van der Waals surface area contributed by atoms with Crippen LogP contribution < -0.4 is 10.1 Å². The molecule has 7 heteroatoms. The van der Waals surface area contributed by atoms with Crippen molar-refractivity contribution >= 4 is 11.8 Å². The standard InChI is InChI=1S/C28H38N4O3/c1-21(2)32-19-24-8-3-4-11-26(24)35-15-7-9-23-18-31(28(34)20-32)14-12-22(23)16-27(33)30-17-25-10-5-6-13-29-25/h3-6,8,10-11,13,21-23H,7,9,12,14-20H2,1-2H3,(H,30,33)/t22-,23-/m0/s1. The molecular formula is C28H38N4O3. The van der Waals surface area contributed by atoms with Gasteiger partial charge in [-0.3, -0.25) is 19.5 Å². The topological polar surface area (TPSA) is 74.8 Å². The molecule has 1 aromatic heterocycles. The lowest BCUT2D eigenvalue weighted by Crippen LogP contribution is -2.49. The van der Waals surface area contributed by atoms with Crippen LogP contribution in [0.25, 0.3) is 0 Å². The summed E-state index contributed by atoms with van der Waals surface area (Å²) in [6, 6.07) is 14.1. The lowest BCUT2D eigenvalue weighted by molar-refractivity contribution is -0.136. The van der Waals surface area contributed by atoms with Crippen LogP contribution in [0.5, 0.6) is 5.75 Å². The molecule has 2 aliphatic rings. The highest BCUT2D eigenvalue weighted by Gasteiger charge is 2.33. The molecule has 3 heterocycles. The van der Waals surface area contributed by atoms with E-state index in [9.17, 15) is 9.59 Å². The highest BCUT2D eigenvalue weighted by molar-refractivity contribution is 5.79. The zero-order valence-electron chi connectivity index (χ0n) is 21.0. The summed E-state index contributed by atoms with van der Waals surface area (Å²) >= 11 is 0. The van der Waals surface area contributed by atoms with Crippen LogP contribution >= 0.6 is 0 Å². The minimum Gasteiger partial charge on any atom is -0.493 e. The normalized spacial score (nSPS) is 21.8. The first kappa shape index (κ1) is 25.2. The van der Waals surface area contributed by atoms with E-state index in [4.69, 9.17) is 4.74 Å². The van der Waals surface area contributed by atoms with Gasteiger partial charge in [-0.2, -0.15) is 0 Å². The molecule has 4 rings (SSSR count). The van der Waals surface area contributed by atoms with Crippen molar-refractivity contribution in [1.82, 2.24) is 20.1 Å². The van der Waals surface area contributed by atoms with Crippen molar-refractivity contribution < 1.29 is 14.3 Å². The first-order valence-electron chi connectivity index (χ1n) is 12.9. The van der Waals surface area contributed by atoms with Crippen LogP contribution in [0.2, 0.25) is 0 Å². The Hall–Kier alpha value is -2.93. The molecule has 0 radical (unpaired) electrons. The van der Waals surface area contributed by atoms with Crippen LogP contribution in [-0.2, 0) is 22.7 Å². The summed E-state index contributed by atoms with van der Waals surface area (Å²) in [6.45, 7) is 7.87. The Morgan fingerprint density at radius 3 is 2.77 bits per heavy atom. The van der Waals surface area contributed by atoms with Gasteiger partial charge in [-0.25, -0.2) is 0 Å². The Balaban J connectivity index is 1.43. The molecule has 1 fully saturated rings. The minimum atomic E-state index is 0.0551. The number of aromatic nitrogens is 1. The molecule has 2 atom stereocenters. The van der Waals surface area contributed by atoms with Crippen LogP contribution in [0, 0.1) is 11.8 Å². The number of nitrogens with one attached hydrogen (secondary N) is 1. The van der Waals surface area contributed by atoms with Crippen LogP contribution in [0.15, 0.2) is 48.7 Å². The van der Waals surface area contributed by atoms with Gasteiger partial charge in [-0.15, -0.1) is 0 Å². The Kier molecular flexibility index (Phi) is 8.74. The van der Waals surface area contributed by atoms with E-state index in [-0.39, 0.29) is 23.8 Å². The number of nitrogens with zero attached hydrogens (tertiary/aromatic N) is 3. The van der Waals surface area contributed by atoms with E-state index in [1.165, 1.54) is 0 Å². The zero-order chi connectivity index (χ0) is 24.6. The average Bonchev–Trinajstić information content (AvgIpc) is 2.87. The number of para-hydroxylation sites is 1. The fourth-order valence-corrected chi connectivity index (χ4v) is 5.12. The number of amides is 2. The SMILES string of the molecule is CC(C)N1CC(=O)N2CC[C@@H](CC(=O)NCc3ccccn3)[C@@H](CCCOc3ccccc3C1)C2. The van der Waals surface area contributed by atoms with Gasteiger partial charge in [0.05, 0.1) is 25.4 Å². The Morgan fingerprint density at radius 2 is 1.97 bits per heavy atom. The summed E-state index contributed by atoms with van der Waals surface area (Å²) in [5.41, 5.74) is 1.98. The maximum atomic E-state index is 13.3. The van der Waals surface area contributed by atoms with E-state index in [0.717, 1.165) is 42.8 Å². The van der Waals surface area contributed by atoms with E-state index in [2.05, 4.69) is 35.1 Å². The monoisotopic (exact) mass is 478 g/mol. The van der Waals surface area contributed by atoms with Crippen molar-refractivity contribution in [2.24, 2.45) is 11.8 Å². The van der Waals surface area contributed by atoms with E-state index >= 15 is 0 Å². The van der Waals surface area contributed by atoms with Gasteiger partial charge in [0, 0.05) is 43.9 Å². The number of pyridine rings is 1. The van der Waals surface area contributed by atoms with Crippen molar-refractivity contribution in [2.75, 3.05) is 26.2 Å². The molecule has 35 heavy (non-hydrogen) atoms. The molecule has 1 saturated heterocycles. The number of fused-ring (bicyclic) bond motifs is 3. The predicted molar refractivity (Wildman–Crippen MR) is 136 cm³/mol. The number of hydrogen-bond acceptors (Lipinski definition) is 5. The number of piperidine rings is 1. The summed E-state index contributed by atoms with van der Waals surface area (Å²) in [7, 11) is 0. The molecule has 188 valence electrons. The number of carbonyl (C=O) groups excluding carboxylic acids is 2. The fourth-order valence-electron chi connectivity index (χ4n) is 5.12. The lowest BCUT2D eigenvalue weighted by Gasteiger charge is -2.39. The Bertz CT molecular complexity index is 981. The molecule has 2 amide bonds. The molecule has 1 N–H and O–H groups in total. The lowest BCUT2D eigenvalue weighted by atomic mass is 9.80. The van der Waals surface area contributed by atoms with Crippen molar-refractivity contribution in [3.8, 4) is 5.75 Å². The van der Waals surface area contributed by atoms with E-state index in [1.54, 1.807) is 6.20 Å². The van der Waals surface area contributed by atoms with Gasteiger partial charge in [-0.05, 0) is 63.1 Å². The number of ether oxygens (including phenoxy) is 1. The van der Waals surface area contributed by atoms with Gasteiger partial charge in [0.1, 0.15) is 5.75 Å². The van der Waals surface area contributed by atoms with Gasteiger partial charge in [0.15, 0.2) is 0 Å². The molecule has 1 aromatic carbocycles. The molecule has 2 aliphatic heterocycles. The molecule has 2 bridgehead atoms. The largest absolute Gasteiger partial charge is 0.493 e. The smallest absolute Gasteiger partial charge is 0.236 e. The van der Waals surface area contributed by atoms with Crippen LogP contribution in [0.3, 0.4) is 0 Å². The second-order valence-electron chi connectivity index (χ2n) is 10.0. The Labute approximate surface area is 208 Å². The second-order valence-corrected chi connectivity index (χ2v) is 10.0. The van der Waals surface area contributed by atoms with E-state index in [1.807, 2.05) is 41.3 Å². The summed E-state index contributed by atoms with van der Waals surface area (Å²) in [5.74, 6) is 1.69. The third-order valence-electron chi connectivity index (χ3n) is 7.28. The minimum absolute atomic E-state index is 0.0551. The quantitative estimate of drug-likeness (QED) is 0.710. The van der Waals surface area contributed by atoms with Crippen LogP contribution in [-0.4, -0.2) is 58.9 Å². The molecular weight excluding hydrogens is 440 g/mol. The highest BCUT2D eigenvalue weighted by atomic mass is 16.5. The third kappa shape index (κ3) is 7.04. The van der Waals surface area contributed by atoms with Crippen molar-refractivity contribution in [3.63, 3.8) is 0 Å². The van der Waals surface area contributed by atoms with Crippen molar-refractivity contribution in [1.29, 1.82) is 0 Å². The van der Waals surface area contributed by atoms with E-state index in [0.29, 0.717) is 45.1 Å². The van der Waals surface area contributed by atoms with Gasteiger partial charge >= 0.3 is 0 Å². The van der Waals surface area contributed by atoms with Gasteiger partial charge < -0.3 is 15.0 Å². The molecule has 2 aromatic rings. The van der Waals surface area contributed by atoms with Crippen molar-refractivity contribution in [3.05, 3.63) is 59.9 Å². The number of rotatable bonds is 5. The van der Waals surface area contributed by atoms with Gasteiger partial charge in [0.25, 0.3) is 0 Å². The molecule has 7 nitrogen and oxygen atoms in total. The van der Waals surface area contributed by atoms with Crippen LogP contribution in [0.1, 0.15) is 50.8 Å². The maximum Gasteiger partial charge on any atom is 0.236 e. The number of hydrogen-bond donors (Lipinski definition) is 1. The second kappa shape index (κ2) is 12.2. The summed E-state index contributed by atoms with van der Waals surface area (Å²) in [4.78, 5) is 34.6. The number of carbonyl (C=O) groups is 2. The fraction of sp³-hybridized carbons (Fsp3) is 0.536. The number of benzene rings is 1. The average molecular weight is 479 g/mol. The van der Waals surface area contributed by atoms with E-state index < -0.39 is 0 Å². The molecule has 0 aliphatic carbocycles. The first-order chi connectivity index (χ1) is 17.0. The first-order valence-corrected chi connectivity index (χ1v) is 12.9. The maximum absolute atomic E-state index is 13.3. The van der Waals surface area contributed by atoms with Crippen molar-refractivity contribution in [2.45, 2.75) is 58.7 Å². The third-order valence-corrected chi connectivity index (χ3v) is 7.28.